The summed E-state index contributed by atoms with van der Waals surface area (Å²) in [5.41, 5.74) is 1.51. The summed E-state index contributed by atoms with van der Waals surface area (Å²) in [6.07, 6.45) is 0.602. The zero-order valence-electron chi connectivity index (χ0n) is 11.5. The first-order valence-electron chi connectivity index (χ1n) is 6.52. The maximum atomic E-state index is 13.4. The van der Waals surface area contributed by atoms with Crippen LogP contribution in [0, 0.1) is 11.6 Å². The van der Waals surface area contributed by atoms with Crippen molar-refractivity contribution in [3.63, 3.8) is 0 Å². The molecule has 1 N–H and O–H groups in total. The Kier molecular flexibility index (Phi) is 4.87. The van der Waals surface area contributed by atoms with Gasteiger partial charge in [-0.3, -0.25) is 0 Å². The Morgan fingerprint density at radius 3 is 2.48 bits per heavy atom. The van der Waals surface area contributed by atoms with Gasteiger partial charge in [-0.1, -0.05) is 12.1 Å². The Hall–Kier alpha value is -2.43. The van der Waals surface area contributed by atoms with Gasteiger partial charge in [0.05, 0.1) is 5.71 Å². The van der Waals surface area contributed by atoms with Crippen molar-refractivity contribution in [2.24, 2.45) is 5.16 Å². The van der Waals surface area contributed by atoms with Gasteiger partial charge in [-0.25, -0.2) is 8.78 Å². The SMILES string of the molecule is CC/C(=N/O)c1ccc(OCc2cc(F)ccc2F)cc1. The predicted molar refractivity (Wildman–Crippen MR) is 75.7 cm³/mol. The average Bonchev–Trinajstić information content (AvgIpc) is 2.51. The third kappa shape index (κ3) is 3.78. The van der Waals surface area contributed by atoms with Crippen molar-refractivity contribution in [3.05, 3.63) is 65.2 Å². The number of nitrogens with zero attached hydrogens (tertiary/aromatic N) is 1. The molecule has 0 aliphatic rings. The molecule has 0 saturated heterocycles. The number of benzene rings is 2. The van der Waals surface area contributed by atoms with Crippen LogP contribution in [0.15, 0.2) is 47.6 Å². The first kappa shape index (κ1) is 15.0. The van der Waals surface area contributed by atoms with Crippen LogP contribution in [0.1, 0.15) is 24.5 Å². The van der Waals surface area contributed by atoms with Crippen molar-refractivity contribution in [1.29, 1.82) is 0 Å². The van der Waals surface area contributed by atoms with Gasteiger partial charge in [0, 0.05) is 5.56 Å². The van der Waals surface area contributed by atoms with Crippen LogP contribution in [0.25, 0.3) is 0 Å². The first-order chi connectivity index (χ1) is 10.1. The highest BCUT2D eigenvalue weighted by Gasteiger charge is 2.06. The summed E-state index contributed by atoms with van der Waals surface area (Å²) in [5.74, 6) is -0.485. The molecule has 2 aromatic carbocycles. The van der Waals surface area contributed by atoms with Gasteiger partial charge in [0.25, 0.3) is 0 Å². The second-order valence-corrected chi connectivity index (χ2v) is 4.45. The molecular weight excluding hydrogens is 276 g/mol. The summed E-state index contributed by atoms with van der Waals surface area (Å²) in [6.45, 7) is 1.82. The Balaban J connectivity index is 2.05. The second kappa shape index (κ2) is 6.83. The van der Waals surface area contributed by atoms with Crippen molar-refractivity contribution in [2.75, 3.05) is 0 Å². The van der Waals surface area contributed by atoms with Crippen molar-refractivity contribution < 1.29 is 18.7 Å². The fraction of sp³-hybridized carbons (Fsp3) is 0.188. The van der Waals surface area contributed by atoms with Crippen molar-refractivity contribution >= 4 is 5.71 Å². The van der Waals surface area contributed by atoms with Gasteiger partial charge in [0.15, 0.2) is 0 Å². The van der Waals surface area contributed by atoms with E-state index in [1.54, 1.807) is 24.3 Å². The molecule has 0 bridgehead atoms. The van der Waals surface area contributed by atoms with Crippen LogP contribution in [0.3, 0.4) is 0 Å². The van der Waals surface area contributed by atoms with E-state index in [4.69, 9.17) is 9.94 Å². The van der Waals surface area contributed by atoms with Crippen LogP contribution >= 0.6 is 0 Å². The molecule has 2 aromatic rings. The maximum absolute atomic E-state index is 13.4. The highest BCUT2D eigenvalue weighted by molar-refractivity contribution is 6.00. The molecule has 3 nitrogen and oxygen atoms in total. The molecule has 0 aliphatic heterocycles. The van der Waals surface area contributed by atoms with E-state index in [0.29, 0.717) is 17.9 Å². The number of oxime groups is 1. The van der Waals surface area contributed by atoms with Crippen LogP contribution in [-0.4, -0.2) is 10.9 Å². The molecule has 0 atom stereocenters. The highest BCUT2D eigenvalue weighted by atomic mass is 19.1. The van der Waals surface area contributed by atoms with E-state index >= 15 is 0 Å². The minimum Gasteiger partial charge on any atom is -0.489 e. The largest absolute Gasteiger partial charge is 0.489 e. The molecule has 0 aromatic heterocycles. The monoisotopic (exact) mass is 291 g/mol. The van der Waals surface area contributed by atoms with E-state index in [0.717, 1.165) is 23.8 Å². The number of hydrogen-bond acceptors (Lipinski definition) is 3. The molecule has 0 heterocycles. The van der Waals surface area contributed by atoms with E-state index < -0.39 is 11.6 Å². The van der Waals surface area contributed by atoms with Crippen LogP contribution in [0.5, 0.6) is 5.75 Å². The summed E-state index contributed by atoms with van der Waals surface area (Å²) in [5, 5.41) is 12.0. The molecule has 0 spiro atoms. The van der Waals surface area contributed by atoms with E-state index in [2.05, 4.69) is 5.16 Å². The summed E-state index contributed by atoms with van der Waals surface area (Å²) in [4.78, 5) is 0. The lowest BCUT2D eigenvalue weighted by atomic mass is 10.1. The third-order valence-corrected chi connectivity index (χ3v) is 3.05. The molecule has 0 saturated carbocycles. The maximum Gasteiger partial charge on any atom is 0.130 e. The molecule has 0 amide bonds. The summed E-state index contributed by atoms with van der Waals surface area (Å²) < 4.78 is 31.9. The van der Waals surface area contributed by atoms with E-state index in [1.165, 1.54) is 0 Å². The van der Waals surface area contributed by atoms with Crippen LogP contribution in [0.4, 0.5) is 8.78 Å². The summed E-state index contributed by atoms with van der Waals surface area (Å²) in [7, 11) is 0. The first-order valence-corrected chi connectivity index (χ1v) is 6.52. The van der Waals surface area contributed by atoms with Crippen molar-refractivity contribution in [2.45, 2.75) is 20.0 Å². The lowest BCUT2D eigenvalue weighted by molar-refractivity contribution is 0.299. The van der Waals surface area contributed by atoms with Crippen molar-refractivity contribution in [1.82, 2.24) is 0 Å². The Morgan fingerprint density at radius 2 is 1.86 bits per heavy atom. The van der Waals surface area contributed by atoms with Gasteiger partial charge >= 0.3 is 0 Å². The standard InChI is InChI=1S/C16H15F2NO2/c1-2-16(19-20)11-3-6-14(7-4-11)21-10-12-9-13(17)5-8-15(12)18/h3-9,20H,2,10H2,1H3/b19-16-. The minimum absolute atomic E-state index is 0.0579. The van der Waals surface area contributed by atoms with Gasteiger partial charge < -0.3 is 9.94 Å². The lowest BCUT2D eigenvalue weighted by Gasteiger charge is -2.08. The van der Waals surface area contributed by atoms with E-state index in [9.17, 15) is 8.78 Å². The fourth-order valence-electron chi connectivity index (χ4n) is 1.89. The third-order valence-electron chi connectivity index (χ3n) is 3.05. The van der Waals surface area contributed by atoms with Crippen LogP contribution < -0.4 is 4.74 Å². The Labute approximate surface area is 121 Å². The predicted octanol–water partition coefficient (Wildman–Crippen LogP) is 4.13. The van der Waals surface area contributed by atoms with Gasteiger partial charge in [-0.05, 0) is 54.4 Å². The molecule has 0 aliphatic carbocycles. The molecule has 21 heavy (non-hydrogen) atoms. The second-order valence-electron chi connectivity index (χ2n) is 4.45. The number of hydrogen-bond donors (Lipinski definition) is 1. The average molecular weight is 291 g/mol. The molecule has 0 unspecified atom stereocenters. The normalized spacial score (nSPS) is 11.5. The van der Waals surface area contributed by atoms with Gasteiger partial charge in [-0.15, -0.1) is 0 Å². The number of ether oxygens (including phenoxy) is 1. The van der Waals surface area contributed by atoms with Gasteiger partial charge in [0.2, 0.25) is 0 Å². The molecule has 0 radical (unpaired) electrons. The topological polar surface area (TPSA) is 41.8 Å². The van der Waals surface area contributed by atoms with Gasteiger partial charge in [-0.2, -0.15) is 0 Å². The Morgan fingerprint density at radius 1 is 1.14 bits per heavy atom. The van der Waals surface area contributed by atoms with Crippen molar-refractivity contribution in [3.8, 4) is 5.75 Å². The Bertz CT molecular complexity index is 639. The van der Waals surface area contributed by atoms with Crippen LogP contribution in [0.2, 0.25) is 0 Å². The van der Waals surface area contributed by atoms with Gasteiger partial charge in [0.1, 0.15) is 24.0 Å². The molecule has 110 valence electrons. The minimum atomic E-state index is -0.506. The quantitative estimate of drug-likeness (QED) is 0.511. The van der Waals surface area contributed by atoms with E-state index in [1.807, 2.05) is 6.92 Å². The molecule has 2 rings (SSSR count). The summed E-state index contributed by atoms with van der Waals surface area (Å²) in [6, 6.07) is 10.1. The highest BCUT2D eigenvalue weighted by Crippen LogP contribution is 2.17. The lowest BCUT2D eigenvalue weighted by Crippen LogP contribution is -2.01. The number of rotatable bonds is 5. The smallest absolute Gasteiger partial charge is 0.130 e. The number of halogens is 2. The van der Waals surface area contributed by atoms with E-state index in [-0.39, 0.29) is 12.2 Å². The van der Waals surface area contributed by atoms with Crippen LogP contribution in [-0.2, 0) is 6.61 Å². The fourth-order valence-corrected chi connectivity index (χ4v) is 1.89. The zero-order chi connectivity index (χ0) is 15.2. The molecule has 5 heteroatoms. The molecular formula is C16H15F2NO2. The summed E-state index contributed by atoms with van der Waals surface area (Å²) >= 11 is 0. The zero-order valence-corrected chi connectivity index (χ0v) is 11.5. The molecule has 0 fully saturated rings.